The van der Waals surface area contributed by atoms with Crippen molar-refractivity contribution < 1.29 is 4.39 Å². The molecule has 0 aliphatic rings. The third-order valence-electron chi connectivity index (χ3n) is 2.51. The van der Waals surface area contributed by atoms with Crippen LogP contribution >= 0.6 is 11.6 Å². The standard InChI is InChI=1S/C13H12ClFN2O/c1-7(2)13-16-11(6-12(18)17-13)9-4-3-8(14)5-10(9)15/h3-7H,1-2H3,(H,16,17,18). The highest BCUT2D eigenvalue weighted by atomic mass is 35.5. The molecule has 0 aliphatic heterocycles. The molecule has 0 radical (unpaired) electrons. The van der Waals surface area contributed by atoms with Crippen LogP contribution in [0, 0.1) is 5.82 Å². The third kappa shape index (κ3) is 2.59. The van der Waals surface area contributed by atoms with Crippen molar-refractivity contribution in [2.24, 2.45) is 0 Å². The summed E-state index contributed by atoms with van der Waals surface area (Å²) in [4.78, 5) is 18.4. The third-order valence-corrected chi connectivity index (χ3v) is 2.75. The van der Waals surface area contributed by atoms with E-state index in [1.807, 2.05) is 13.8 Å². The molecule has 0 saturated carbocycles. The topological polar surface area (TPSA) is 45.8 Å². The van der Waals surface area contributed by atoms with Crippen molar-refractivity contribution in [1.29, 1.82) is 0 Å². The van der Waals surface area contributed by atoms with E-state index in [2.05, 4.69) is 9.97 Å². The van der Waals surface area contributed by atoms with Gasteiger partial charge in [-0.3, -0.25) is 4.79 Å². The van der Waals surface area contributed by atoms with Crippen LogP contribution in [0.2, 0.25) is 5.02 Å². The molecule has 1 aromatic carbocycles. The molecule has 2 aromatic rings. The van der Waals surface area contributed by atoms with Crippen LogP contribution in [0.5, 0.6) is 0 Å². The minimum Gasteiger partial charge on any atom is -0.310 e. The highest BCUT2D eigenvalue weighted by Crippen LogP contribution is 2.23. The number of nitrogens with zero attached hydrogens (tertiary/aromatic N) is 1. The fourth-order valence-corrected chi connectivity index (χ4v) is 1.74. The summed E-state index contributed by atoms with van der Waals surface area (Å²) in [7, 11) is 0. The molecule has 0 fully saturated rings. The molecule has 18 heavy (non-hydrogen) atoms. The summed E-state index contributed by atoms with van der Waals surface area (Å²) in [5.74, 6) is 0.107. The monoisotopic (exact) mass is 266 g/mol. The van der Waals surface area contributed by atoms with Crippen LogP contribution in [-0.2, 0) is 0 Å². The van der Waals surface area contributed by atoms with Gasteiger partial charge in [-0.2, -0.15) is 0 Å². The van der Waals surface area contributed by atoms with Gasteiger partial charge in [-0.05, 0) is 18.2 Å². The first-order chi connectivity index (χ1) is 8.47. The van der Waals surface area contributed by atoms with E-state index in [9.17, 15) is 9.18 Å². The van der Waals surface area contributed by atoms with Crippen molar-refractivity contribution >= 4 is 11.6 Å². The van der Waals surface area contributed by atoms with E-state index in [-0.39, 0.29) is 17.0 Å². The summed E-state index contributed by atoms with van der Waals surface area (Å²) >= 11 is 5.69. The molecule has 2 rings (SSSR count). The molecule has 0 atom stereocenters. The fourth-order valence-electron chi connectivity index (χ4n) is 1.59. The van der Waals surface area contributed by atoms with Crippen LogP contribution in [-0.4, -0.2) is 9.97 Å². The van der Waals surface area contributed by atoms with Crippen molar-refractivity contribution in [1.82, 2.24) is 9.97 Å². The van der Waals surface area contributed by atoms with Gasteiger partial charge in [0.15, 0.2) is 0 Å². The average molecular weight is 267 g/mol. The molecule has 0 aliphatic carbocycles. The Hall–Kier alpha value is -1.68. The van der Waals surface area contributed by atoms with E-state index >= 15 is 0 Å². The number of halogens is 2. The van der Waals surface area contributed by atoms with Gasteiger partial charge in [0.25, 0.3) is 5.56 Å². The summed E-state index contributed by atoms with van der Waals surface area (Å²) in [5.41, 5.74) is 0.294. The van der Waals surface area contributed by atoms with Crippen LogP contribution in [0.25, 0.3) is 11.3 Å². The van der Waals surface area contributed by atoms with Crippen molar-refractivity contribution in [3.05, 3.63) is 51.3 Å². The predicted octanol–water partition coefficient (Wildman–Crippen LogP) is 3.35. The molecular weight excluding hydrogens is 255 g/mol. The van der Waals surface area contributed by atoms with E-state index in [1.54, 1.807) is 6.07 Å². The Kier molecular flexibility index (Phi) is 3.48. The van der Waals surface area contributed by atoms with E-state index in [4.69, 9.17) is 11.6 Å². The van der Waals surface area contributed by atoms with Crippen LogP contribution in [0.3, 0.4) is 0 Å². The Labute approximate surface area is 109 Å². The van der Waals surface area contributed by atoms with Gasteiger partial charge in [-0.1, -0.05) is 25.4 Å². The molecule has 0 spiro atoms. The largest absolute Gasteiger partial charge is 0.310 e. The zero-order valence-corrected chi connectivity index (χ0v) is 10.8. The summed E-state index contributed by atoms with van der Waals surface area (Å²) in [6.45, 7) is 3.81. The lowest BCUT2D eigenvalue weighted by Gasteiger charge is -2.07. The average Bonchev–Trinajstić information content (AvgIpc) is 2.27. The number of hydrogen-bond donors (Lipinski definition) is 1. The van der Waals surface area contributed by atoms with Crippen LogP contribution in [0.1, 0.15) is 25.6 Å². The molecule has 1 aromatic heterocycles. The lowest BCUT2D eigenvalue weighted by atomic mass is 10.1. The number of benzene rings is 1. The summed E-state index contributed by atoms with van der Waals surface area (Å²) in [6.07, 6.45) is 0. The highest BCUT2D eigenvalue weighted by molar-refractivity contribution is 6.30. The second kappa shape index (κ2) is 4.90. The predicted molar refractivity (Wildman–Crippen MR) is 69.4 cm³/mol. The van der Waals surface area contributed by atoms with E-state index in [1.165, 1.54) is 18.2 Å². The molecule has 0 amide bonds. The molecule has 0 saturated heterocycles. The van der Waals surface area contributed by atoms with Crippen LogP contribution < -0.4 is 5.56 Å². The Balaban J connectivity index is 2.60. The maximum atomic E-state index is 13.8. The Morgan fingerprint density at radius 2 is 2.06 bits per heavy atom. The van der Waals surface area contributed by atoms with Gasteiger partial charge in [-0.15, -0.1) is 0 Å². The number of aromatic amines is 1. The van der Waals surface area contributed by atoms with E-state index < -0.39 is 5.82 Å². The van der Waals surface area contributed by atoms with Gasteiger partial charge >= 0.3 is 0 Å². The number of hydrogen-bond acceptors (Lipinski definition) is 2. The molecule has 1 N–H and O–H groups in total. The SMILES string of the molecule is CC(C)c1nc(-c2ccc(Cl)cc2F)cc(=O)[nH]1. The maximum Gasteiger partial charge on any atom is 0.251 e. The zero-order valence-electron chi connectivity index (χ0n) is 10.00. The van der Waals surface area contributed by atoms with Crippen molar-refractivity contribution in [2.75, 3.05) is 0 Å². The second-order valence-corrected chi connectivity index (χ2v) is 4.73. The Morgan fingerprint density at radius 1 is 1.33 bits per heavy atom. The van der Waals surface area contributed by atoms with Gasteiger partial charge in [0.2, 0.25) is 0 Å². The first kappa shape index (κ1) is 12.8. The minimum absolute atomic E-state index is 0.0630. The first-order valence-corrected chi connectivity index (χ1v) is 5.92. The molecule has 94 valence electrons. The van der Waals surface area contributed by atoms with Crippen molar-refractivity contribution in [2.45, 2.75) is 19.8 Å². The van der Waals surface area contributed by atoms with Gasteiger partial charge in [0.05, 0.1) is 5.69 Å². The lowest BCUT2D eigenvalue weighted by molar-refractivity contribution is 0.630. The molecule has 1 heterocycles. The first-order valence-electron chi connectivity index (χ1n) is 5.54. The Bertz CT molecular complexity index is 637. The number of H-pyrrole nitrogens is 1. The van der Waals surface area contributed by atoms with E-state index in [0.29, 0.717) is 16.5 Å². The summed E-state index contributed by atoms with van der Waals surface area (Å²) in [5, 5.41) is 0.310. The highest BCUT2D eigenvalue weighted by Gasteiger charge is 2.11. The minimum atomic E-state index is -0.490. The maximum absolute atomic E-state index is 13.8. The smallest absolute Gasteiger partial charge is 0.251 e. The van der Waals surface area contributed by atoms with Crippen molar-refractivity contribution in [3.63, 3.8) is 0 Å². The normalized spacial score (nSPS) is 10.9. The number of nitrogens with one attached hydrogen (secondary N) is 1. The van der Waals surface area contributed by atoms with Gasteiger partial charge in [0, 0.05) is 22.6 Å². The molecule has 0 unspecified atom stereocenters. The lowest BCUT2D eigenvalue weighted by Crippen LogP contribution is -2.12. The Morgan fingerprint density at radius 3 is 2.67 bits per heavy atom. The second-order valence-electron chi connectivity index (χ2n) is 4.29. The van der Waals surface area contributed by atoms with Crippen LogP contribution in [0.15, 0.2) is 29.1 Å². The molecular formula is C13H12ClFN2O. The quantitative estimate of drug-likeness (QED) is 0.906. The zero-order chi connectivity index (χ0) is 13.3. The van der Waals surface area contributed by atoms with Gasteiger partial charge in [-0.25, -0.2) is 9.37 Å². The molecule has 5 heteroatoms. The van der Waals surface area contributed by atoms with Crippen molar-refractivity contribution in [3.8, 4) is 11.3 Å². The van der Waals surface area contributed by atoms with Gasteiger partial charge in [0.1, 0.15) is 11.6 Å². The summed E-state index contributed by atoms with van der Waals surface area (Å²) < 4.78 is 13.8. The number of rotatable bonds is 2. The van der Waals surface area contributed by atoms with Crippen LogP contribution in [0.4, 0.5) is 4.39 Å². The fraction of sp³-hybridized carbons (Fsp3) is 0.231. The number of aromatic nitrogens is 2. The van der Waals surface area contributed by atoms with Gasteiger partial charge < -0.3 is 4.98 Å². The van der Waals surface area contributed by atoms with E-state index in [0.717, 1.165) is 0 Å². The molecule has 0 bridgehead atoms. The summed E-state index contributed by atoms with van der Waals surface area (Å²) in [6, 6.07) is 5.56. The molecule has 3 nitrogen and oxygen atoms in total.